The van der Waals surface area contributed by atoms with Crippen molar-refractivity contribution in [3.63, 3.8) is 0 Å². The second kappa shape index (κ2) is 4.88. The van der Waals surface area contributed by atoms with E-state index < -0.39 is 23.5 Å². The molecule has 0 unspecified atom stereocenters. The molecule has 0 aliphatic carbocycles. The summed E-state index contributed by atoms with van der Waals surface area (Å²) in [5.41, 5.74) is 7.51. The number of carbonyl (C=O) groups is 3. The number of amides is 2. The van der Waals surface area contributed by atoms with Gasteiger partial charge in [0, 0.05) is 14.0 Å². The number of imide groups is 1. The molecule has 0 rings (SSSR count). The van der Waals surface area contributed by atoms with Crippen LogP contribution in [0.25, 0.3) is 5.53 Å². The number of nitrogens with zero attached hydrogens (tertiary/aromatic N) is 3. The first-order valence-electron chi connectivity index (χ1n) is 3.54. The fourth-order valence-electron chi connectivity index (χ4n) is 0.569. The van der Waals surface area contributed by atoms with Crippen molar-refractivity contribution in [2.75, 3.05) is 14.2 Å². The van der Waals surface area contributed by atoms with Gasteiger partial charge in [-0.15, -0.1) is 0 Å². The molecule has 0 fully saturated rings. The zero-order valence-electron chi connectivity index (χ0n) is 7.97. The van der Waals surface area contributed by atoms with E-state index in [0.29, 0.717) is 4.90 Å². The van der Waals surface area contributed by atoms with E-state index in [0.717, 1.165) is 21.1 Å². The Bertz CT molecular complexity index is 330. The van der Waals surface area contributed by atoms with Gasteiger partial charge in [-0.1, -0.05) is 0 Å². The molecule has 0 bridgehead atoms. The van der Waals surface area contributed by atoms with Crippen molar-refractivity contribution in [1.29, 1.82) is 0 Å². The normalized spacial score (nSPS) is 8.50. The Labute approximate surface area is 79.9 Å². The van der Waals surface area contributed by atoms with Crippen LogP contribution in [0.3, 0.4) is 0 Å². The third kappa shape index (κ3) is 2.49. The molecule has 0 saturated heterocycles. The van der Waals surface area contributed by atoms with Crippen LogP contribution in [0.5, 0.6) is 0 Å². The first-order valence-corrected chi connectivity index (χ1v) is 3.54. The van der Waals surface area contributed by atoms with Gasteiger partial charge in [-0.3, -0.25) is 14.5 Å². The predicted octanol–water partition coefficient (Wildman–Crippen LogP) is -1.16. The van der Waals surface area contributed by atoms with Gasteiger partial charge in [0.1, 0.15) is 0 Å². The molecule has 0 spiro atoms. The van der Waals surface area contributed by atoms with Crippen LogP contribution < -0.4 is 0 Å². The quantitative estimate of drug-likeness (QED) is 0.184. The maximum absolute atomic E-state index is 11.2. The third-order valence-corrected chi connectivity index (χ3v) is 1.46. The Kier molecular flexibility index (Phi) is 4.18. The molecule has 0 aromatic rings. The van der Waals surface area contributed by atoms with E-state index in [1.54, 1.807) is 0 Å². The van der Waals surface area contributed by atoms with Crippen molar-refractivity contribution < 1.29 is 23.9 Å². The van der Waals surface area contributed by atoms with Crippen LogP contribution in [0.2, 0.25) is 0 Å². The Balaban J connectivity index is 4.92. The molecule has 0 aliphatic heterocycles. The minimum Gasteiger partial charge on any atom is -0.460 e. The van der Waals surface area contributed by atoms with E-state index in [1.165, 1.54) is 0 Å². The highest BCUT2D eigenvalue weighted by atomic mass is 16.5. The van der Waals surface area contributed by atoms with Crippen molar-refractivity contribution in [3.8, 4) is 0 Å². The van der Waals surface area contributed by atoms with E-state index in [9.17, 15) is 14.4 Å². The molecule has 7 heteroatoms. The molecule has 76 valence electrons. The fraction of sp³-hybridized carbons (Fsp3) is 0.429. The molecule has 0 atom stereocenters. The van der Waals surface area contributed by atoms with Crippen molar-refractivity contribution in [1.82, 2.24) is 4.90 Å². The average Bonchev–Trinajstić information content (AvgIpc) is 2.16. The fourth-order valence-corrected chi connectivity index (χ4v) is 0.569. The lowest BCUT2D eigenvalue weighted by Crippen LogP contribution is -2.41. The number of hydrogen-bond donors (Lipinski definition) is 0. The topological polar surface area (TPSA) is 100 Å². The summed E-state index contributed by atoms with van der Waals surface area (Å²) in [4.78, 5) is 35.9. The van der Waals surface area contributed by atoms with Gasteiger partial charge in [0.15, 0.2) is 0 Å². The molecule has 14 heavy (non-hydrogen) atoms. The highest BCUT2D eigenvalue weighted by molar-refractivity contribution is 6.62. The molecule has 0 heterocycles. The number of carbonyl (C=O) groups excluding carboxylic acids is 3. The SMILES string of the molecule is COC(=O)C(=[N+]=[N-])C(=O)N(C)C(C)=O. The van der Waals surface area contributed by atoms with Crippen molar-refractivity contribution in [2.24, 2.45) is 0 Å². The van der Waals surface area contributed by atoms with Crippen molar-refractivity contribution in [2.45, 2.75) is 6.92 Å². The zero-order chi connectivity index (χ0) is 11.3. The summed E-state index contributed by atoms with van der Waals surface area (Å²) in [6.45, 7) is 1.13. The Morgan fingerprint density at radius 3 is 2.14 bits per heavy atom. The van der Waals surface area contributed by atoms with E-state index in [2.05, 4.69) is 9.53 Å². The van der Waals surface area contributed by atoms with Gasteiger partial charge in [0.05, 0.1) is 7.11 Å². The Morgan fingerprint density at radius 1 is 1.36 bits per heavy atom. The number of methoxy groups -OCH3 is 1. The minimum absolute atomic E-state index is 0.583. The van der Waals surface area contributed by atoms with Crippen molar-refractivity contribution >= 4 is 23.5 Å². The van der Waals surface area contributed by atoms with Gasteiger partial charge >= 0.3 is 17.6 Å². The lowest BCUT2D eigenvalue weighted by Gasteiger charge is -2.07. The maximum atomic E-state index is 11.2. The molecule has 2 amide bonds. The van der Waals surface area contributed by atoms with E-state index in [1.807, 2.05) is 0 Å². The lowest BCUT2D eigenvalue weighted by atomic mass is 10.3. The number of esters is 1. The first kappa shape index (κ1) is 12.0. The van der Waals surface area contributed by atoms with E-state index in [4.69, 9.17) is 5.53 Å². The van der Waals surface area contributed by atoms with Crippen LogP contribution in [0, 0.1) is 0 Å². The van der Waals surface area contributed by atoms with Crippen LogP contribution in [0.15, 0.2) is 0 Å². The molecule has 0 aromatic heterocycles. The van der Waals surface area contributed by atoms with Gasteiger partial charge < -0.3 is 10.3 Å². The third-order valence-electron chi connectivity index (χ3n) is 1.46. The molecule has 0 aliphatic rings. The smallest absolute Gasteiger partial charge is 0.460 e. The molecule has 0 aromatic carbocycles. The predicted molar refractivity (Wildman–Crippen MR) is 44.1 cm³/mol. The summed E-state index contributed by atoms with van der Waals surface area (Å²) < 4.78 is 4.17. The highest BCUT2D eigenvalue weighted by Gasteiger charge is 2.34. The van der Waals surface area contributed by atoms with Gasteiger partial charge in [0.2, 0.25) is 5.91 Å². The summed E-state index contributed by atoms with van der Waals surface area (Å²) >= 11 is 0. The maximum Gasteiger partial charge on any atom is 0.463 e. The van der Waals surface area contributed by atoms with Gasteiger partial charge in [-0.2, -0.15) is 4.79 Å². The Morgan fingerprint density at radius 2 is 1.86 bits per heavy atom. The molecular formula is C7H9N3O4. The van der Waals surface area contributed by atoms with Crippen molar-refractivity contribution in [3.05, 3.63) is 5.53 Å². The average molecular weight is 199 g/mol. The van der Waals surface area contributed by atoms with Crippen LogP contribution >= 0.6 is 0 Å². The number of hydrogen-bond acceptors (Lipinski definition) is 4. The second-order valence-electron chi connectivity index (χ2n) is 2.32. The van der Waals surface area contributed by atoms with Crippen LogP contribution in [0.4, 0.5) is 0 Å². The Hall–Kier alpha value is -2.01. The van der Waals surface area contributed by atoms with E-state index in [-0.39, 0.29) is 0 Å². The first-order chi connectivity index (χ1) is 6.45. The lowest BCUT2D eigenvalue weighted by molar-refractivity contribution is -0.145. The highest BCUT2D eigenvalue weighted by Crippen LogP contribution is 1.90. The standard InChI is InChI=1S/C7H9N3O4/c1-4(11)10(2)6(12)5(9-8)7(13)14-3/h1-3H3. The molecule has 0 saturated carbocycles. The van der Waals surface area contributed by atoms with E-state index >= 15 is 0 Å². The summed E-state index contributed by atoms with van der Waals surface area (Å²) in [7, 11) is 2.17. The van der Waals surface area contributed by atoms with Gasteiger partial charge in [-0.05, 0) is 0 Å². The minimum atomic E-state index is -1.11. The van der Waals surface area contributed by atoms with Crippen LogP contribution in [-0.2, 0) is 19.1 Å². The monoisotopic (exact) mass is 199 g/mol. The molecule has 7 nitrogen and oxygen atoms in total. The summed E-state index contributed by atoms with van der Waals surface area (Å²) in [5.74, 6) is -2.71. The van der Waals surface area contributed by atoms with Gasteiger partial charge in [-0.25, -0.2) is 4.79 Å². The molecular weight excluding hydrogens is 190 g/mol. The molecule has 0 N–H and O–H groups in total. The van der Waals surface area contributed by atoms with Gasteiger partial charge in [0.25, 0.3) is 0 Å². The summed E-state index contributed by atoms with van der Waals surface area (Å²) in [6.07, 6.45) is 0. The second-order valence-corrected chi connectivity index (χ2v) is 2.32. The summed E-state index contributed by atoms with van der Waals surface area (Å²) in [6, 6.07) is 0. The number of rotatable bonds is 2. The zero-order valence-corrected chi connectivity index (χ0v) is 7.97. The number of ether oxygens (including phenoxy) is 1. The molecule has 0 radical (unpaired) electrons. The van der Waals surface area contributed by atoms with Crippen LogP contribution in [0.1, 0.15) is 6.92 Å². The largest absolute Gasteiger partial charge is 0.463 e. The van der Waals surface area contributed by atoms with Crippen LogP contribution in [-0.4, -0.2) is 47.3 Å². The summed E-state index contributed by atoms with van der Waals surface area (Å²) in [5, 5.41) is 0.